The maximum absolute atomic E-state index is 5.73. The molecule has 1 atom stereocenters. The number of hydrogen-bond donors (Lipinski definition) is 2. The fourth-order valence-electron chi connectivity index (χ4n) is 1.71. The van der Waals surface area contributed by atoms with Gasteiger partial charge >= 0.3 is 0 Å². The number of rotatable bonds is 3. The minimum absolute atomic E-state index is 0.547. The molecular formula is C10H16N4S. The second kappa shape index (κ2) is 5.32. The molecule has 4 nitrogen and oxygen atoms in total. The molecule has 15 heavy (non-hydrogen) atoms. The Bertz CT molecular complexity index is 312. The van der Waals surface area contributed by atoms with Gasteiger partial charge in [-0.05, 0) is 31.8 Å². The summed E-state index contributed by atoms with van der Waals surface area (Å²) in [6.45, 7) is 2.28. The normalized spacial score (nSPS) is 21.5. The fourth-order valence-corrected chi connectivity index (χ4v) is 2.72. The van der Waals surface area contributed by atoms with Gasteiger partial charge in [-0.2, -0.15) is 0 Å². The van der Waals surface area contributed by atoms with Crippen molar-refractivity contribution in [2.45, 2.75) is 17.9 Å². The molecule has 1 fully saturated rings. The molecule has 0 radical (unpaired) electrons. The number of anilines is 1. The van der Waals surface area contributed by atoms with Crippen molar-refractivity contribution in [2.24, 2.45) is 5.92 Å². The van der Waals surface area contributed by atoms with Crippen molar-refractivity contribution in [3.63, 3.8) is 0 Å². The minimum atomic E-state index is 0.547. The van der Waals surface area contributed by atoms with Gasteiger partial charge in [0.15, 0.2) is 5.82 Å². The summed E-state index contributed by atoms with van der Waals surface area (Å²) in [4.78, 5) is 8.24. The summed E-state index contributed by atoms with van der Waals surface area (Å²) in [6.07, 6.45) is 5.90. The third kappa shape index (κ3) is 3.07. The highest BCUT2D eigenvalue weighted by Gasteiger charge is 2.14. The first-order chi connectivity index (χ1) is 7.36. The van der Waals surface area contributed by atoms with Gasteiger partial charge in [0.05, 0.1) is 0 Å². The van der Waals surface area contributed by atoms with E-state index < -0.39 is 0 Å². The van der Waals surface area contributed by atoms with E-state index in [0.717, 1.165) is 29.8 Å². The van der Waals surface area contributed by atoms with Gasteiger partial charge in [0.25, 0.3) is 0 Å². The van der Waals surface area contributed by atoms with E-state index in [9.17, 15) is 0 Å². The average molecular weight is 224 g/mol. The minimum Gasteiger partial charge on any atom is -0.381 e. The number of nitrogens with one attached hydrogen (secondary N) is 1. The molecule has 0 aromatic carbocycles. The third-order valence-electron chi connectivity index (χ3n) is 2.55. The van der Waals surface area contributed by atoms with E-state index in [1.165, 1.54) is 12.8 Å². The second-order valence-corrected chi connectivity index (χ2v) is 4.78. The number of nitrogens with two attached hydrogens (primary N) is 1. The zero-order valence-corrected chi connectivity index (χ0v) is 9.46. The molecule has 1 aliphatic heterocycles. The fraction of sp³-hybridized carbons (Fsp3) is 0.600. The molecule has 1 aromatic heterocycles. The number of nitrogen functional groups attached to an aromatic ring is 1. The van der Waals surface area contributed by atoms with E-state index in [1.807, 2.05) is 0 Å². The Morgan fingerprint density at radius 3 is 3.07 bits per heavy atom. The van der Waals surface area contributed by atoms with E-state index in [2.05, 4.69) is 15.3 Å². The van der Waals surface area contributed by atoms with Crippen molar-refractivity contribution in [1.29, 1.82) is 0 Å². The third-order valence-corrected chi connectivity index (χ3v) is 3.77. The number of thioether (sulfide) groups is 1. The number of piperidine rings is 1. The summed E-state index contributed by atoms with van der Waals surface area (Å²) >= 11 is 1.71. The van der Waals surface area contributed by atoms with Crippen LogP contribution in [0.1, 0.15) is 12.8 Å². The summed E-state index contributed by atoms with van der Waals surface area (Å²) < 4.78 is 0. The van der Waals surface area contributed by atoms with Crippen molar-refractivity contribution < 1.29 is 0 Å². The van der Waals surface area contributed by atoms with E-state index in [0.29, 0.717) is 5.82 Å². The lowest BCUT2D eigenvalue weighted by Crippen LogP contribution is -2.30. The topological polar surface area (TPSA) is 63.8 Å². The molecule has 0 saturated carbocycles. The van der Waals surface area contributed by atoms with Gasteiger partial charge in [-0.25, -0.2) is 9.97 Å². The summed E-state index contributed by atoms with van der Waals surface area (Å²) in [7, 11) is 0. The zero-order chi connectivity index (χ0) is 10.5. The monoisotopic (exact) mass is 224 g/mol. The van der Waals surface area contributed by atoms with Crippen LogP contribution in [-0.4, -0.2) is 28.8 Å². The maximum Gasteiger partial charge on any atom is 0.156 e. The Morgan fingerprint density at radius 2 is 2.33 bits per heavy atom. The van der Waals surface area contributed by atoms with Crippen LogP contribution in [0.2, 0.25) is 0 Å². The first kappa shape index (κ1) is 10.7. The first-order valence-electron chi connectivity index (χ1n) is 5.26. The first-order valence-corrected chi connectivity index (χ1v) is 6.25. The van der Waals surface area contributed by atoms with Crippen LogP contribution in [0.15, 0.2) is 17.4 Å². The lowest BCUT2D eigenvalue weighted by Gasteiger charge is -2.22. The molecule has 1 aromatic rings. The van der Waals surface area contributed by atoms with Gasteiger partial charge in [-0.1, -0.05) is 0 Å². The summed E-state index contributed by atoms with van der Waals surface area (Å²) in [6, 6.07) is 0. The summed E-state index contributed by atoms with van der Waals surface area (Å²) in [5.74, 6) is 2.37. The van der Waals surface area contributed by atoms with E-state index in [1.54, 1.807) is 24.2 Å². The molecule has 2 heterocycles. The van der Waals surface area contributed by atoms with Crippen LogP contribution in [0, 0.1) is 5.92 Å². The second-order valence-electron chi connectivity index (χ2n) is 3.77. The molecule has 0 spiro atoms. The quantitative estimate of drug-likeness (QED) is 0.754. The highest BCUT2D eigenvalue weighted by molar-refractivity contribution is 7.99. The predicted molar refractivity (Wildman–Crippen MR) is 62.8 cm³/mol. The van der Waals surface area contributed by atoms with Gasteiger partial charge in [-0.3, -0.25) is 0 Å². The van der Waals surface area contributed by atoms with Crippen molar-refractivity contribution in [2.75, 3.05) is 24.6 Å². The molecule has 0 amide bonds. The van der Waals surface area contributed by atoms with Crippen molar-refractivity contribution in [3.05, 3.63) is 12.4 Å². The van der Waals surface area contributed by atoms with Gasteiger partial charge in [-0.15, -0.1) is 11.8 Å². The largest absolute Gasteiger partial charge is 0.381 e. The van der Waals surface area contributed by atoms with Crippen LogP contribution < -0.4 is 11.1 Å². The van der Waals surface area contributed by atoms with Crippen LogP contribution in [0.5, 0.6) is 0 Å². The summed E-state index contributed by atoms with van der Waals surface area (Å²) in [5, 5.41) is 4.27. The Labute approximate surface area is 94.1 Å². The molecule has 1 unspecified atom stereocenters. The molecule has 82 valence electrons. The average Bonchev–Trinajstić information content (AvgIpc) is 2.29. The Hall–Kier alpha value is -0.810. The molecule has 1 saturated heterocycles. The Kier molecular flexibility index (Phi) is 3.80. The van der Waals surface area contributed by atoms with Crippen LogP contribution in [-0.2, 0) is 0 Å². The lowest BCUT2D eigenvalue weighted by atomic mass is 10.0. The molecule has 2 rings (SSSR count). The lowest BCUT2D eigenvalue weighted by molar-refractivity contribution is 0.410. The Morgan fingerprint density at radius 1 is 1.47 bits per heavy atom. The van der Waals surface area contributed by atoms with Crippen LogP contribution in [0.25, 0.3) is 0 Å². The molecule has 1 aliphatic rings. The standard InChI is InChI=1S/C10H16N4S/c11-9-10(14-5-4-13-9)15-7-8-2-1-3-12-6-8/h4-5,8,12H,1-3,6-7H2,(H2,11,13). The van der Waals surface area contributed by atoms with Crippen LogP contribution in [0.4, 0.5) is 5.82 Å². The van der Waals surface area contributed by atoms with E-state index >= 15 is 0 Å². The zero-order valence-electron chi connectivity index (χ0n) is 8.65. The van der Waals surface area contributed by atoms with Gasteiger partial charge in [0.1, 0.15) is 5.03 Å². The molecular weight excluding hydrogens is 208 g/mol. The SMILES string of the molecule is Nc1nccnc1SCC1CCCNC1. The highest BCUT2D eigenvalue weighted by Crippen LogP contribution is 2.24. The van der Waals surface area contributed by atoms with Crippen LogP contribution in [0.3, 0.4) is 0 Å². The van der Waals surface area contributed by atoms with Crippen molar-refractivity contribution in [3.8, 4) is 0 Å². The van der Waals surface area contributed by atoms with E-state index in [4.69, 9.17) is 5.73 Å². The highest BCUT2D eigenvalue weighted by atomic mass is 32.2. The molecule has 3 N–H and O–H groups in total. The van der Waals surface area contributed by atoms with Crippen LogP contribution >= 0.6 is 11.8 Å². The van der Waals surface area contributed by atoms with Gasteiger partial charge < -0.3 is 11.1 Å². The summed E-state index contributed by atoms with van der Waals surface area (Å²) in [5.41, 5.74) is 5.73. The van der Waals surface area contributed by atoms with E-state index in [-0.39, 0.29) is 0 Å². The van der Waals surface area contributed by atoms with Crippen molar-refractivity contribution in [1.82, 2.24) is 15.3 Å². The predicted octanol–water partition coefficient (Wildman–Crippen LogP) is 1.15. The molecule has 5 heteroatoms. The molecule has 0 aliphatic carbocycles. The smallest absolute Gasteiger partial charge is 0.156 e. The number of aromatic nitrogens is 2. The molecule has 0 bridgehead atoms. The van der Waals surface area contributed by atoms with Crippen molar-refractivity contribution >= 4 is 17.6 Å². The number of nitrogens with zero attached hydrogens (tertiary/aromatic N) is 2. The Balaban J connectivity index is 1.84. The number of hydrogen-bond acceptors (Lipinski definition) is 5. The maximum atomic E-state index is 5.73. The van der Waals surface area contributed by atoms with Gasteiger partial charge in [0.2, 0.25) is 0 Å². The van der Waals surface area contributed by atoms with Gasteiger partial charge in [0, 0.05) is 18.1 Å².